The van der Waals surface area contributed by atoms with Crippen LogP contribution in [0.4, 0.5) is 0 Å². The smallest absolute Gasteiger partial charge is 0.107 e. The topological polar surface area (TPSA) is 9.23 Å². The maximum atomic E-state index is 5.32. The molecule has 0 amide bonds. The third-order valence-corrected chi connectivity index (χ3v) is 1.59. The minimum atomic E-state index is 0.507. The lowest BCUT2D eigenvalue weighted by atomic mass is 10.1. The Morgan fingerprint density at radius 2 is 1.92 bits per heavy atom. The Bertz CT molecular complexity index is 150. The van der Waals surface area contributed by atoms with Gasteiger partial charge in [-0.25, -0.2) is 0 Å². The molecule has 1 heteroatoms. The molecule has 1 nitrogen and oxygen atoms in total. The normalized spacial score (nSPS) is 12.4. The first-order valence-corrected chi connectivity index (χ1v) is 4.73. The molecule has 0 aromatic heterocycles. The minimum Gasteiger partial charge on any atom is -0.369 e. The van der Waals surface area contributed by atoms with Crippen molar-refractivity contribution in [1.29, 1.82) is 0 Å². The van der Waals surface area contributed by atoms with Gasteiger partial charge in [-0.05, 0) is 12.3 Å². The summed E-state index contributed by atoms with van der Waals surface area (Å²) in [6, 6.07) is 0. The maximum Gasteiger partial charge on any atom is 0.107 e. The quantitative estimate of drug-likeness (QED) is 0.463. The van der Waals surface area contributed by atoms with Crippen molar-refractivity contribution in [2.24, 2.45) is 11.8 Å². The standard InChI is InChI=1S/C11H20O/c1-5-11(4)7-6-8-12-9-10(2)3/h10-11H,5,8-9H2,1-4H3. The van der Waals surface area contributed by atoms with Crippen LogP contribution in [0.2, 0.25) is 0 Å². The molecule has 0 saturated heterocycles. The largest absolute Gasteiger partial charge is 0.369 e. The Morgan fingerprint density at radius 1 is 1.25 bits per heavy atom. The van der Waals surface area contributed by atoms with E-state index in [9.17, 15) is 0 Å². The lowest BCUT2D eigenvalue weighted by molar-refractivity contribution is 0.139. The number of hydrogen-bond donors (Lipinski definition) is 0. The molecule has 0 aromatic carbocycles. The van der Waals surface area contributed by atoms with Crippen molar-refractivity contribution >= 4 is 0 Å². The van der Waals surface area contributed by atoms with Gasteiger partial charge in [-0.1, -0.05) is 39.5 Å². The van der Waals surface area contributed by atoms with E-state index in [-0.39, 0.29) is 0 Å². The summed E-state index contributed by atoms with van der Waals surface area (Å²) in [4.78, 5) is 0. The second-order valence-electron chi connectivity index (χ2n) is 3.54. The van der Waals surface area contributed by atoms with Crippen LogP contribution in [0.3, 0.4) is 0 Å². The van der Waals surface area contributed by atoms with Crippen molar-refractivity contribution in [2.45, 2.75) is 34.1 Å². The zero-order chi connectivity index (χ0) is 9.40. The second-order valence-corrected chi connectivity index (χ2v) is 3.54. The zero-order valence-corrected chi connectivity index (χ0v) is 8.68. The second kappa shape index (κ2) is 7.18. The van der Waals surface area contributed by atoms with Crippen LogP contribution in [0, 0.1) is 23.7 Å². The molecule has 1 atom stereocenters. The van der Waals surface area contributed by atoms with Gasteiger partial charge in [0.15, 0.2) is 0 Å². The Kier molecular flexibility index (Phi) is 6.90. The third kappa shape index (κ3) is 7.63. The van der Waals surface area contributed by atoms with E-state index in [1.54, 1.807) is 0 Å². The molecular formula is C11H20O. The summed E-state index contributed by atoms with van der Waals surface area (Å²) in [6.45, 7) is 9.96. The number of rotatable bonds is 4. The molecule has 0 aliphatic heterocycles. The summed E-state index contributed by atoms with van der Waals surface area (Å²) >= 11 is 0. The van der Waals surface area contributed by atoms with E-state index in [4.69, 9.17) is 4.74 Å². The fraction of sp³-hybridized carbons (Fsp3) is 0.818. The predicted octanol–water partition coefficient (Wildman–Crippen LogP) is 2.71. The average Bonchev–Trinajstić information content (AvgIpc) is 2.03. The molecule has 0 aliphatic carbocycles. The zero-order valence-electron chi connectivity index (χ0n) is 8.68. The molecule has 12 heavy (non-hydrogen) atoms. The summed E-state index contributed by atoms with van der Waals surface area (Å²) in [5.41, 5.74) is 0. The molecule has 70 valence electrons. The van der Waals surface area contributed by atoms with Gasteiger partial charge in [-0.15, -0.1) is 0 Å². The van der Waals surface area contributed by atoms with Crippen LogP contribution >= 0.6 is 0 Å². The molecule has 0 spiro atoms. The molecule has 0 N–H and O–H groups in total. The molecule has 0 radical (unpaired) electrons. The van der Waals surface area contributed by atoms with Crippen LogP contribution in [0.5, 0.6) is 0 Å². The van der Waals surface area contributed by atoms with Gasteiger partial charge in [0.2, 0.25) is 0 Å². The summed E-state index contributed by atoms with van der Waals surface area (Å²) in [7, 11) is 0. The highest BCUT2D eigenvalue weighted by atomic mass is 16.5. The van der Waals surface area contributed by atoms with E-state index in [0.29, 0.717) is 18.4 Å². The lowest BCUT2D eigenvalue weighted by Gasteiger charge is -2.02. The van der Waals surface area contributed by atoms with E-state index < -0.39 is 0 Å². The van der Waals surface area contributed by atoms with Gasteiger partial charge in [0.05, 0.1) is 6.61 Å². The van der Waals surface area contributed by atoms with E-state index >= 15 is 0 Å². The lowest BCUT2D eigenvalue weighted by Crippen LogP contribution is -2.01. The van der Waals surface area contributed by atoms with Gasteiger partial charge < -0.3 is 4.74 Å². The summed E-state index contributed by atoms with van der Waals surface area (Å²) in [5.74, 6) is 7.26. The van der Waals surface area contributed by atoms with E-state index in [2.05, 4.69) is 39.5 Å². The maximum absolute atomic E-state index is 5.32. The first kappa shape index (κ1) is 11.5. The Hall–Kier alpha value is -0.480. The van der Waals surface area contributed by atoms with Crippen molar-refractivity contribution in [3.63, 3.8) is 0 Å². The van der Waals surface area contributed by atoms with Crippen molar-refractivity contribution in [2.75, 3.05) is 13.2 Å². The van der Waals surface area contributed by atoms with Gasteiger partial charge in [-0.2, -0.15) is 0 Å². The molecule has 0 bridgehead atoms. The van der Waals surface area contributed by atoms with Gasteiger partial charge in [-0.3, -0.25) is 0 Å². The highest BCUT2D eigenvalue weighted by molar-refractivity contribution is 5.02. The summed E-state index contributed by atoms with van der Waals surface area (Å²) in [6.07, 6.45) is 1.12. The van der Waals surface area contributed by atoms with Crippen molar-refractivity contribution < 1.29 is 4.74 Å². The highest BCUT2D eigenvalue weighted by Gasteiger charge is 1.91. The summed E-state index contributed by atoms with van der Waals surface area (Å²) < 4.78 is 5.32. The molecule has 0 aromatic rings. The molecule has 0 rings (SSSR count). The van der Waals surface area contributed by atoms with E-state index in [0.717, 1.165) is 13.0 Å². The molecule has 0 saturated carbocycles. The molecule has 1 unspecified atom stereocenters. The predicted molar refractivity (Wildman–Crippen MR) is 52.9 cm³/mol. The number of hydrogen-bond acceptors (Lipinski definition) is 1. The Morgan fingerprint density at radius 3 is 2.42 bits per heavy atom. The van der Waals surface area contributed by atoms with Gasteiger partial charge in [0.1, 0.15) is 6.61 Å². The monoisotopic (exact) mass is 168 g/mol. The van der Waals surface area contributed by atoms with Gasteiger partial charge >= 0.3 is 0 Å². The minimum absolute atomic E-state index is 0.507. The third-order valence-electron chi connectivity index (χ3n) is 1.59. The average molecular weight is 168 g/mol. The van der Waals surface area contributed by atoms with Crippen LogP contribution in [-0.4, -0.2) is 13.2 Å². The van der Waals surface area contributed by atoms with E-state index in [1.165, 1.54) is 0 Å². The highest BCUT2D eigenvalue weighted by Crippen LogP contribution is 1.96. The van der Waals surface area contributed by atoms with Crippen molar-refractivity contribution in [3.05, 3.63) is 0 Å². The van der Waals surface area contributed by atoms with Crippen LogP contribution in [0.1, 0.15) is 34.1 Å². The molecule has 0 fully saturated rings. The van der Waals surface area contributed by atoms with Gasteiger partial charge in [0, 0.05) is 5.92 Å². The SMILES string of the molecule is CCC(C)C#CCOCC(C)C. The molecular weight excluding hydrogens is 148 g/mol. The van der Waals surface area contributed by atoms with Crippen molar-refractivity contribution in [3.8, 4) is 11.8 Å². The fourth-order valence-electron chi connectivity index (χ4n) is 0.664. The van der Waals surface area contributed by atoms with Crippen LogP contribution < -0.4 is 0 Å². The summed E-state index contributed by atoms with van der Waals surface area (Å²) in [5, 5.41) is 0. The van der Waals surface area contributed by atoms with Crippen LogP contribution in [-0.2, 0) is 4.74 Å². The van der Waals surface area contributed by atoms with Gasteiger partial charge in [0.25, 0.3) is 0 Å². The van der Waals surface area contributed by atoms with Crippen LogP contribution in [0.25, 0.3) is 0 Å². The van der Waals surface area contributed by atoms with Crippen molar-refractivity contribution in [1.82, 2.24) is 0 Å². The van der Waals surface area contributed by atoms with Crippen LogP contribution in [0.15, 0.2) is 0 Å². The van der Waals surface area contributed by atoms with E-state index in [1.807, 2.05) is 0 Å². The molecule has 0 aliphatic rings. The Balaban J connectivity index is 3.33. The number of ether oxygens (including phenoxy) is 1. The fourth-order valence-corrected chi connectivity index (χ4v) is 0.664. The Labute approximate surface area is 76.5 Å². The first-order valence-electron chi connectivity index (χ1n) is 4.73. The molecule has 0 heterocycles. The first-order chi connectivity index (χ1) is 5.66.